The van der Waals surface area contributed by atoms with Gasteiger partial charge in [-0.05, 0) is 49.1 Å². The van der Waals surface area contributed by atoms with Gasteiger partial charge in [-0.2, -0.15) is 0 Å². The molecule has 1 aliphatic heterocycles. The maximum absolute atomic E-state index is 13.0. The molecule has 5 nitrogen and oxygen atoms in total. The van der Waals surface area contributed by atoms with E-state index in [2.05, 4.69) is 19.2 Å². The molecular weight excluding hydrogens is 364 g/mol. The standard InChI is InChI=1S/C24H30N2O3/c1-18(2)17-29-20-11-9-10-19(16-20)23(27)25-22-13-6-5-12-21(22)24(28)26-14-7-3-4-8-15-26/h5-6,9-13,16,18H,3-4,7-8,14-15,17H2,1-2H3,(H,25,27). The molecule has 1 fully saturated rings. The van der Waals surface area contributed by atoms with Gasteiger partial charge in [-0.25, -0.2) is 0 Å². The van der Waals surface area contributed by atoms with Crippen LogP contribution in [0.2, 0.25) is 0 Å². The van der Waals surface area contributed by atoms with Gasteiger partial charge in [-0.3, -0.25) is 9.59 Å². The first-order chi connectivity index (χ1) is 14.0. The van der Waals surface area contributed by atoms with Gasteiger partial charge in [0.15, 0.2) is 0 Å². The molecule has 0 saturated carbocycles. The van der Waals surface area contributed by atoms with E-state index in [0.717, 1.165) is 38.8 Å². The summed E-state index contributed by atoms with van der Waals surface area (Å²) in [6.07, 6.45) is 4.39. The van der Waals surface area contributed by atoms with E-state index < -0.39 is 0 Å². The molecule has 5 heteroatoms. The third-order valence-electron chi connectivity index (χ3n) is 4.98. The van der Waals surface area contributed by atoms with Crippen molar-refractivity contribution in [2.24, 2.45) is 5.92 Å². The van der Waals surface area contributed by atoms with Crippen LogP contribution in [0.5, 0.6) is 5.75 Å². The van der Waals surface area contributed by atoms with E-state index in [1.165, 1.54) is 0 Å². The molecule has 29 heavy (non-hydrogen) atoms. The molecule has 2 aromatic carbocycles. The first-order valence-electron chi connectivity index (χ1n) is 10.5. The topological polar surface area (TPSA) is 58.6 Å². The molecule has 154 valence electrons. The van der Waals surface area contributed by atoms with Crippen molar-refractivity contribution in [1.82, 2.24) is 4.90 Å². The minimum Gasteiger partial charge on any atom is -0.493 e. The molecule has 1 aliphatic rings. The molecule has 0 spiro atoms. The van der Waals surface area contributed by atoms with Crippen LogP contribution >= 0.6 is 0 Å². The van der Waals surface area contributed by atoms with Crippen LogP contribution in [0.25, 0.3) is 0 Å². The molecule has 0 radical (unpaired) electrons. The summed E-state index contributed by atoms with van der Waals surface area (Å²) in [7, 11) is 0. The van der Waals surface area contributed by atoms with Crippen LogP contribution in [-0.2, 0) is 0 Å². The molecule has 0 bridgehead atoms. The highest BCUT2D eigenvalue weighted by Crippen LogP contribution is 2.22. The highest BCUT2D eigenvalue weighted by atomic mass is 16.5. The molecule has 0 aromatic heterocycles. The summed E-state index contributed by atoms with van der Waals surface area (Å²) in [5.74, 6) is 0.803. The number of benzene rings is 2. The minimum atomic E-state index is -0.254. The average molecular weight is 395 g/mol. The quantitative estimate of drug-likeness (QED) is 0.751. The highest BCUT2D eigenvalue weighted by molar-refractivity contribution is 6.09. The summed E-state index contributed by atoms with van der Waals surface area (Å²) < 4.78 is 5.72. The maximum Gasteiger partial charge on any atom is 0.255 e. The SMILES string of the molecule is CC(C)COc1cccc(C(=O)Nc2ccccc2C(=O)N2CCCCCC2)c1. The molecule has 1 saturated heterocycles. The second-order valence-corrected chi connectivity index (χ2v) is 7.94. The van der Waals surface area contributed by atoms with Crippen molar-refractivity contribution in [1.29, 1.82) is 0 Å². The number of carbonyl (C=O) groups is 2. The van der Waals surface area contributed by atoms with Crippen molar-refractivity contribution < 1.29 is 14.3 Å². The number of amides is 2. The van der Waals surface area contributed by atoms with Crippen LogP contribution in [-0.4, -0.2) is 36.4 Å². The van der Waals surface area contributed by atoms with E-state index in [1.54, 1.807) is 30.3 Å². The molecule has 1 heterocycles. The number of hydrogen-bond acceptors (Lipinski definition) is 3. The number of hydrogen-bond donors (Lipinski definition) is 1. The second-order valence-electron chi connectivity index (χ2n) is 7.94. The van der Waals surface area contributed by atoms with Gasteiger partial charge in [-0.15, -0.1) is 0 Å². The predicted octanol–water partition coefficient (Wildman–Crippen LogP) is 4.99. The third kappa shape index (κ3) is 5.83. The van der Waals surface area contributed by atoms with E-state index in [0.29, 0.717) is 35.1 Å². The molecule has 2 amide bonds. The van der Waals surface area contributed by atoms with Crippen molar-refractivity contribution in [2.45, 2.75) is 39.5 Å². The van der Waals surface area contributed by atoms with E-state index in [4.69, 9.17) is 4.74 Å². The highest BCUT2D eigenvalue weighted by Gasteiger charge is 2.21. The lowest BCUT2D eigenvalue weighted by molar-refractivity contribution is 0.0762. The van der Waals surface area contributed by atoms with Gasteiger partial charge >= 0.3 is 0 Å². The van der Waals surface area contributed by atoms with Crippen LogP contribution in [0.3, 0.4) is 0 Å². The molecule has 1 N–H and O–H groups in total. The number of para-hydroxylation sites is 1. The molecule has 0 aliphatic carbocycles. The lowest BCUT2D eigenvalue weighted by Crippen LogP contribution is -2.32. The summed E-state index contributed by atoms with van der Waals surface area (Å²) in [6, 6.07) is 14.4. The van der Waals surface area contributed by atoms with Crippen molar-refractivity contribution in [3.05, 3.63) is 59.7 Å². The Labute approximate surface area is 173 Å². The largest absolute Gasteiger partial charge is 0.493 e. The first-order valence-corrected chi connectivity index (χ1v) is 10.5. The lowest BCUT2D eigenvalue weighted by Gasteiger charge is -2.22. The van der Waals surface area contributed by atoms with E-state index >= 15 is 0 Å². The number of nitrogens with one attached hydrogen (secondary N) is 1. The Balaban J connectivity index is 1.74. The Morgan fingerprint density at radius 2 is 1.72 bits per heavy atom. The summed E-state index contributed by atoms with van der Waals surface area (Å²) >= 11 is 0. The summed E-state index contributed by atoms with van der Waals surface area (Å²) in [4.78, 5) is 27.8. The average Bonchev–Trinajstić information content (AvgIpc) is 3.02. The van der Waals surface area contributed by atoms with E-state index in [9.17, 15) is 9.59 Å². The van der Waals surface area contributed by atoms with Gasteiger partial charge in [0.1, 0.15) is 5.75 Å². The van der Waals surface area contributed by atoms with Gasteiger partial charge in [-0.1, -0.05) is 44.9 Å². The van der Waals surface area contributed by atoms with Gasteiger partial charge in [0, 0.05) is 18.7 Å². The number of likely N-dealkylation sites (tertiary alicyclic amines) is 1. The fourth-order valence-corrected chi connectivity index (χ4v) is 3.41. The molecule has 0 unspecified atom stereocenters. The van der Waals surface area contributed by atoms with E-state index in [1.807, 2.05) is 23.1 Å². The van der Waals surface area contributed by atoms with Crippen LogP contribution in [0, 0.1) is 5.92 Å². The predicted molar refractivity (Wildman–Crippen MR) is 116 cm³/mol. The number of carbonyl (C=O) groups excluding carboxylic acids is 2. The van der Waals surface area contributed by atoms with Crippen LogP contribution in [0.15, 0.2) is 48.5 Å². The van der Waals surface area contributed by atoms with Crippen LogP contribution < -0.4 is 10.1 Å². The third-order valence-corrected chi connectivity index (χ3v) is 4.98. The van der Waals surface area contributed by atoms with Crippen molar-refractivity contribution >= 4 is 17.5 Å². The zero-order chi connectivity index (χ0) is 20.6. The smallest absolute Gasteiger partial charge is 0.255 e. The fraction of sp³-hybridized carbons (Fsp3) is 0.417. The number of nitrogens with zero attached hydrogens (tertiary/aromatic N) is 1. The van der Waals surface area contributed by atoms with Gasteiger partial charge in [0.25, 0.3) is 11.8 Å². The monoisotopic (exact) mass is 394 g/mol. The van der Waals surface area contributed by atoms with Crippen LogP contribution in [0.1, 0.15) is 60.2 Å². The van der Waals surface area contributed by atoms with E-state index in [-0.39, 0.29) is 11.8 Å². The Kier molecular flexibility index (Phi) is 7.28. The van der Waals surface area contributed by atoms with Crippen LogP contribution in [0.4, 0.5) is 5.69 Å². The zero-order valence-corrected chi connectivity index (χ0v) is 17.3. The number of rotatable bonds is 6. The Hall–Kier alpha value is -2.82. The van der Waals surface area contributed by atoms with Gasteiger partial charge in [0.05, 0.1) is 17.9 Å². The lowest BCUT2D eigenvalue weighted by atomic mass is 10.1. The Bertz CT molecular complexity index is 840. The number of ether oxygens (including phenoxy) is 1. The molecule has 0 atom stereocenters. The Morgan fingerprint density at radius 1 is 1.00 bits per heavy atom. The van der Waals surface area contributed by atoms with Gasteiger partial charge < -0.3 is 15.0 Å². The second kappa shape index (κ2) is 10.1. The maximum atomic E-state index is 13.0. The number of anilines is 1. The zero-order valence-electron chi connectivity index (χ0n) is 17.3. The fourth-order valence-electron chi connectivity index (χ4n) is 3.41. The molecular formula is C24H30N2O3. The Morgan fingerprint density at radius 3 is 2.45 bits per heavy atom. The van der Waals surface area contributed by atoms with Crippen molar-refractivity contribution in [3.63, 3.8) is 0 Å². The normalized spacial score (nSPS) is 14.4. The van der Waals surface area contributed by atoms with Gasteiger partial charge in [0.2, 0.25) is 0 Å². The summed E-state index contributed by atoms with van der Waals surface area (Å²) in [5.41, 5.74) is 1.58. The minimum absolute atomic E-state index is 0.0168. The van der Waals surface area contributed by atoms with Crippen molar-refractivity contribution in [2.75, 3.05) is 25.0 Å². The van der Waals surface area contributed by atoms with Crippen molar-refractivity contribution in [3.8, 4) is 5.75 Å². The molecule has 2 aromatic rings. The first kappa shape index (κ1) is 20.9. The molecule has 3 rings (SSSR count). The summed E-state index contributed by atoms with van der Waals surface area (Å²) in [6.45, 7) is 6.30. The summed E-state index contributed by atoms with van der Waals surface area (Å²) in [5, 5.41) is 2.91.